The zero-order valence-electron chi connectivity index (χ0n) is 12.3. The second-order valence-corrected chi connectivity index (χ2v) is 5.19. The number of carbonyl (C=O) groups is 2. The normalized spacial score (nSPS) is 13.1. The van der Waals surface area contributed by atoms with Gasteiger partial charge in [-0.1, -0.05) is 12.1 Å². The van der Waals surface area contributed by atoms with E-state index in [2.05, 4.69) is 4.74 Å². The molecule has 0 aromatic heterocycles. The van der Waals surface area contributed by atoms with Crippen LogP contribution in [0.1, 0.15) is 30.4 Å². The number of aliphatic hydroxyl groups is 1. The van der Waals surface area contributed by atoms with E-state index in [-0.39, 0.29) is 24.9 Å². The van der Waals surface area contributed by atoms with Gasteiger partial charge in [0.15, 0.2) is 0 Å². The molecule has 1 aliphatic rings. The Hall–Kier alpha value is -1.88. The molecule has 0 saturated carbocycles. The van der Waals surface area contributed by atoms with Crippen molar-refractivity contribution in [3.8, 4) is 0 Å². The molecule has 1 amide bonds. The first kappa shape index (κ1) is 15.5. The van der Waals surface area contributed by atoms with Crippen molar-refractivity contribution < 1.29 is 19.4 Å². The maximum absolute atomic E-state index is 12.2. The number of fused-ring (bicyclic) bond motifs is 1. The molecule has 0 bridgehead atoms. The number of amides is 1. The quantitative estimate of drug-likeness (QED) is 0.636. The molecule has 2 rings (SSSR count). The van der Waals surface area contributed by atoms with Crippen molar-refractivity contribution in [2.75, 3.05) is 25.2 Å². The minimum absolute atomic E-state index is 0.0999. The summed E-state index contributed by atoms with van der Waals surface area (Å²) in [4.78, 5) is 25.3. The van der Waals surface area contributed by atoms with Gasteiger partial charge in [0.05, 0.1) is 13.5 Å². The number of nitrogens with zero attached hydrogens (tertiary/aromatic N) is 1. The lowest BCUT2D eigenvalue weighted by Gasteiger charge is -2.17. The first-order chi connectivity index (χ1) is 10.2. The Morgan fingerprint density at radius 2 is 2.14 bits per heavy atom. The van der Waals surface area contributed by atoms with Gasteiger partial charge >= 0.3 is 5.97 Å². The van der Waals surface area contributed by atoms with Crippen LogP contribution in [-0.4, -0.2) is 37.2 Å². The van der Waals surface area contributed by atoms with Crippen molar-refractivity contribution in [1.29, 1.82) is 0 Å². The molecular formula is C16H21NO4. The zero-order chi connectivity index (χ0) is 15.2. The van der Waals surface area contributed by atoms with Crippen LogP contribution in [0.25, 0.3) is 0 Å². The summed E-state index contributed by atoms with van der Waals surface area (Å²) in [5, 5.41) is 8.76. The van der Waals surface area contributed by atoms with Crippen LogP contribution in [0.2, 0.25) is 0 Å². The van der Waals surface area contributed by atoms with Crippen molar-refractivity contribution in [3.63, 3.8) is 0 Å². The van der Waals surface area contributed by atoms with E-state index in [1.165, 1.54) is 7.11 Å². The number of rotatable bonds is 6. The van der Waals surface area contributed by atoms with Crippen molar-refractivity contribution in [3.05, 3.63) is 29.3 Å². The summed E-state index contributed by atoms with van der Waals surface area (Å²) >= 11 is 0. The fraction of sp³-hybridized carbons (Fsp3) is 0.500. The number of methoxy groups -OCH3 is 1. The maximum Gasteiger partial charge on any atom is 0.309 e. The van der Waals surface area contributed by atoms with E-state index in [4.69, 9.17) is 5.11 Å². The number of esters is 1. The first-order valence-corrected chi connectivity index (χ1v) is 7.25. The third kappa shape index (κ3) is 3.82. The predicted octanol–water partition coefficient (Wildman–Crippen LogP) is 1.45. The molecule has 0 radical (unpaired) electrons. The monoisotopic (exact) mass is 291 g/mol. The molecule has 0 spiro atoms. The van der Waals surface area contributed by atoms with Gasteiger partial charge in [-0.2, -0.15) is 0 Å². The molecule has 1 N–H and O–H groups in total. The molecule has 0 atom stereocenters. The highest BCUT2D eigenvalue weighted by atomic mass is 16.5. The van der Waals surface area contributed by atoms with Gasteiger partial charge in [0.1, 0.15) is 0 Å². The molecule has 0 aliphatic carbocycles. The molecule has 0 fully saturated rings. The van der Waals surface area contributed by atoms with Gasteiger partial charge in [0.25, 0.3) is 0 Å². The highest BCUT2D eigenvalue weighted by Gasteiger charge is 2.24. The Balaban J connectivity index is 2.03. The lowest BCUT2D eigenvalue weighted by Crippen LogP contribution is -2.28. The summed E-state index contributed by atoms with van der Waals surface area (Å²) in [7, 11) is 1.38. The van der Waals surface area contributed by atoms with Gasteiger partial charge in [-0.15, -0.1) is 0 Å². The molecule has 1 aromatic carbocycles. The smallest absolute Gasteiger partial charge is 0.309 e. The number of aliphatic hydroxyl groups excluding tert-OH is 1. The average Bonchev–Trinajstić information content (AvgIpc) is 2.90. The highest BCUT2D eigenvalue weighted by Crippen LogP contribution is 2.29. The van der Waals surface area contributed by atoms with Crippen LogP contribution in [-0.2, 0) is 27.2 Å². The Bertz CT molecular complexity index is 527. The van der Waals surface area contributed by atoms with Crippen molar-refractivity contribution in [1.82, 2.24) is 0 Å². The van der Waals surface area contributed by atoms with Crippen LogP contribution in [0.4, 0.5) is 5.69 Å². The molecule has 0 saturated heterocycles. The van der Waals surface area contributed by atoms with Crippen LogP contribution in [0.15, 0.2) is 18.2 Å². The zero-order valence-corrected chi connectivity index (χ0v) is 12.3. The SMILES string of the molecule is COC(=O)Cc1ccc2c(c1)CCN2C(=O)CCCCO. The van der Waals surface area contributed by atoms with Crippen molar-refractivity contribution >= 4 is 17.6 Å². The van der Waals surface area contributed by atoms with E-state index in [0.717, 1.165) is 23.2 Å². The Kier molecular flexibility index (Phi) is 5.33. The van der Waals surface area contributed by atoms with Gasteiger partial charge in [-0.05, 0) is 36.5 Å². The summed E-state index contributed by atoms with van der Waals surface area (Å²) in [5.74, 6) is -0.159. The van der Waals surface area contributed by atoms with Crippen LogP contribution in [0.3, 0.4) is 0 Å². The number of unbranched alkanes of at least 4 members (excludes halogenated alkanes) is 1. The number of carbonyl (C=O) groups excluding carboxylic acids is 2. The second kappa shape index (κ2) is 7.22. The molecule has 0 unspecified atom stereocenters. The topological polar surface area (TPSA) is 66.8 Å². The minimum Gasteiger partial charge on any atom is -0.469 e. The molecule has 21 heavy (non-hydrogen) atoms. The van der Waals surface area contributed by atoms with E-state index in [1.807, 2.05) is 18.2 Å². The summed E-state index contributed by atoms with van der Waals surface area (Å²) in [6.45, 7) is 0.815. The fourth-order valence-corrected chi connectivity index (χ4v) is 2.59. The van der Waals surface area contributed by atoms with Crippen LogP contribution < -0.4 is 4.90 Å². The van der Waals surface area contributed by atoms with Gasteiger partial charge in [-0.3, -0.25) is 9.59 Å². The van der Waals surface area contributed by atoms with Crippen molar-refractivity contribution in [2.45, 2.75) is 32.1 Å². The Morgan fingerprint density at radius 3 is 2.86 bits per heavy atom. The fourth-order valence-electron chi connectivity index (χ4n) is 2.59. The number of hydrogen-bond acceptors (Lipinski definition) is 4. The summed E-state index contributed by atoms with van der Waals surface area (Å²) in [5.41, 5.74) is 2.96. The largest absolute Gasteiger partial charge is 0.469 e. The standard InChI is InChI=1S/C16H21NO4/c1-21-16(20)11-12-5-6-14-13(10-12)7-8-17(14)15(19)4-2-3-9-18/h5-6,10,18H,2-4,7-9,11H2,1H3. The number of hydrogen-bond donors (Lipinski definition) is 1. The first-order valence-electron chi connectivity index (χ1n) is 7.25. The molecule has 5 heteroatoms. The Morgan fingerprint density at radius 1 is 1.33 bits per heavy atom. The van der Waals surface area contributed by atoms with Gasteiger partial charge in [0, 0.05) is 25.3 Å². The number of ether oxygens (including phenoxy) is 1. The lowest BCUT2D eigenvalue weighted by atomic mass is 10.1. The van der Waals surface area contributed by atoms with Crippen LogP contribution in [0.5, 0.6) is 0 Å². The highest BCUT2D eigenvalue weighted by molar-refractivity contribution is 5.95. The summed E-state index contributed by atoms with van der Waals surface area (Å²) < 4.78 is 4.66. The van der Waals surface area contributed by atoms with E-state index < -0.39 is 0 Å². The molecular weight excluding hydrogens is 270 g/mol. The van der Waals surface area contributed by atoms with E-state index in [9.17, 15) is 9.59 Å². The van der Waals surface area contributed by atoms with E-state index >= 15 is 0 Å². The second-order valence-electron chi connectivity index (χ2n) is 5.19. The van der Waals surface area contributed by atoms with E-state index in [0.29, 0.717) is 25.8 Å². The lowest BCUT2D eigenvalue weighted by molar-refractivity contribution is -0.139. The average molecular weight is 291 g/mol. The van der Waals surface area contributed by atoms with Crippen LogP contribution >= 0.6 is 0 Å². The predicted molar refractivity (Wildman–Crippen MR) is 79.2 cm³/mol. The molecule has 1 aliphatic heterocycles. The molecule has 5 nitrogen and oxygen atoms in total. The van der Waals surface area contributed by atoms with Crippen molar-refractivity contribution in [2.24, 2.45) is 0 Å². The summed E-state index contributed by atoms with van der Waals surface area (Å²) in [6, 6.07) is 5.76. The third-order valence-electron chi connectivity index (χ3n) is 3.72. The third-order valence-corrected chi connectivity index (χ3v) is 3.72. The Labute approximate surface area is 124 Å². The summed E-state index contributed by atoms with van der Waals surface area (Å²) in [6.07, 6.45) is 2.90. The van der Waals surface area contributed by atoms with Crippen LogP contribution in [0, 0.1) is 0 Å². The van der Waals surface area contributed by atoms with Gasteiger partial charge in [-0.25, -0.2) is 0 Å². The number of anilines is 1. The van der Waals surface area contributed by atoms with E-state index in [1.54, 1.807) is 4.90 Å². The molecule has 114 valence electrons. The minimum atomic E-state index is -0.259. The van der Waals surface area contributed by atoms with Gasteiger partial charge in [0.2, 0.25) is 5.91 Å². The number of benzene rings is 1. The maximum atomic E-state index is 12.2. The van der Waals surface area contributed by atoms with Gasteiger partial charge < -0.3 is 14.7 Å². The molecule has 1 heterocycles. The molecule has 1 aromatic rings.